The van der Waals surface area contributed by atoms with Gasteiger partial charge in [0.05, 0.1) is 4.90 Å². The molecule has 100 valence electrons. The average Bonchev–Trinajstić information content (AvgIpc) is 2.41. The van der Waals surface area contributed by atoms with Crippen molar-refractivity contribution in [2.45, 2.75) is 11.4 Å². The molecule has 4 nitrogen and oxygen atoms in total. The molecule has 19 heavy (non-hydrogen) atoms. The first kappa shape index (κ1) is 14.3. The molecule has 3 N–H and O–H groups in total. The minimum absolute atomic E-state index is 0.184. The quantitative estimate of drug-likeness (QED) is 0.791. The largest absolute Gasteiger partial charge is 0.326 e. The monoisotopic (exact) mass is 388 g/mol. The number of benzene rings is 2. The SMILES string of the molecule is NCc1ccccc1S(=O)(=O)Nc1ccc(I)cc1. The standard InChI is InChI=1S/C13H13IN2O2S/c14-11-5-7-12(8-6-11)16-19(17,18)13-4-2-1-3-10(13)9-15/h1-8,16H,9,15H2. The van der Waals surface area contributed by atoms with E-state index in [0.29, 0.717) is 11.3 Å². The minimum Gasteiger partial charge on any atom is -0.326 e. The fraction of sp³-hybridized carbons (Fsp3) is 0.0769. The summed E-state index contributed by atoms with van der Waals surface area (Å²) >= 11 is 2.16. The van der Waals surface area contributed by atoms with E-state index in [1.165, 1.54) is 0 Å². The molecule has 6 heteroatoms. The molecule has 0 heterocycles. The van der Waals surface area contributed by atoms with Crippen molar-refractivity contribution in [2.24, 2.45) is 5.73 Å². The van der Waals surface area contributed by atoms with Crippen molar-refractivity contribution in [3.8, 4) is 0 Å². The Labute approximate surface area is 126 Å². The Bertz CT molecular complexity index is 669. The van der Waals surface area contributed by atoms with Crippen LogP contribution in [0.1, 0.15) is 5.56 Å². The summed E-state index contributed by atoms with van der Waals surface area (Å²) in [4.78, 5) is 0.219. The lowest BCUT2D eigenvalue weighted by atomic mass is 10.2. The lowest BCUT2D eigenvalue weighted by Gasteiger charge is -2.11. The van der Waals surface area contributed by atoms with Gasteiger partial charge in [0.15, 0.2) is 0 Å². The number of sulfonamides is 1. The first-order valence-corrected chi connectivity index (χ1v) is 8.15. The Morgan fingerprint density at radius 2 is 1.68 bits per heavy atom. The maximum atomic E-state index is 12.3. The third kappa shape index (κ3) is 3.46. The van der Waals surface area contributed by atoms with Crippen LogP contribution < -0.4 is 10.5 Å². The molecule has 0 bridgehead atoms. The molecule has 0 unspecified atom stereocenters. The van der Waals surface area contributed by atoms with Gasteiger partial charge in [-0.2, -0.15) is 0 Å². The Hall–Kier alpha value is -1.12. The molecule has 2 aromatic carbocycles. The van der Waals surface area contributed by atoms with Gasteiger partial charge < -0.3 is 5.73 Å². The van der Waals surface area contributed by atoms with Gasteiger partial charge in [-0.3, -0.25) is 4.72 Å². The molecule has 0 saturated carbocycles. The topological polar surface area (TPSA) is 72.2 Å². The highest BCUT2D eigenvalue weighted by atomic mass is 127. The van der Waals surface area contributed by atoms with Crippen molar-refractivity contribution in [3.63, 3.8) is 0 Å². The third-order valence-electron chi connectivity index (χ3n) is 2.58. The van der Waals surface area contributed by atoms with E-state index in [9.17, 15) is 8.42 Å². The van der Waals surface area contributed by atoms with Crippen LogP contribution in [0.5, 0.6) is 0 Å². The van der Waals surface area contributed by atoms with Gasteiger partial charge in [-0.1, -0.05) is 18.2 Å². The van der Waals surface area contributed by atoms with Crippen molar-refractivity contribution < 1.29 is 8.42 Å². The Morgan fingerprint density at radius 1 is 1.05 bits per heavy atom. The van der Waals surface area contributed by atoms with E-state index in [2.05, 4.69) is 27.3 Å². The Morgan fingerprint density at radius 3 is 2.32 bits per heavy atom. The average molecular weight is 388 g/mol. The van der Waals surface area contributed by atoms with Gasteiger partial charge in [0.1, 0.15) is 0 Å². The van der Waals surface area contributed by atoms with Gasteiger partial charge in [0.2, 0.25) is 0 Å². The van der Waals surface area contributed by atoms with Crippen molar-refractivity contribution in [1.29, 1.82) is 0 Å². The van der Waals surface area contributed by atoms with E-state index < -0.39 is 10.0 Å². The van der Waals surface area contributed by atoms with Crippen LogP contribution in [0.25, 0.3) is 0 Å². The van der Waals surface area contributed by atoms with Crippen LogP contribution in [0, 0.1) is 3.57 Å². The number of halogens is 1. The van der Waals surface area contributed by atoms with Gasteiger partial charge in [-0.25, -0.2) is 8.42 Å². The fourth-order valence-corrected chi connectivity index (χ4v) is 3.33. The first-order valence-electron chi connectivity index (χ1n) is 5.59. The molecule has 0 amide bonds. The van der Waals surface area contributed by atoms with Crippen LogP contribution in [0.4, 0.5) is 5.69 Å². The number of nitrogens with one attached hydrogen (secondary N) is 1. The molecular weight excluding hydrogens is 375 g/mol. The lowest BCUT2D eigenvalue weighted by molar-refractivity contribution is 0.600. The number of hydrogen-bond donors (Lipinski definition) is 2. The summed E-state index contributed by atoms with van der Waals surface area (Å²) in [6.45, 7) is 0.184. The summed E-state index contributed by atoms with van der Waals surface area (Å²) in [6, 6.07) is 13.8. The molecule has 0 spiro atoms. The van der Waals surface area contributed by atoms with Gasteiger partial charge in [0, 0.05) is 15.8 Å². The summed E-state index contributed by atoms with van der Waals surface area (Å²) in [7, 11) is -3.60. The van der Waals surface area contributed by atoms with Crippen LogP contribution in [0.3, 0.4) is 0 Å². The summed E-state index contributed by atoms with van der Waals surface area (Å²) in [5.41, 5.74) is 6.70. The smallest absolute Gasteiger partial charge is 0.262 e. The molecule has 0 atom stereocenters. The summed E-state index contributed by atoms with van der Waals surface area (Å²) in [5.74, 6) is 0. The van der Waals surface area contributed by atoms with E-state index >= 15 is 0 Å². The second-order valence-corrected chi connectivity index (χ2v) is 6.82. The van der Waals surface area contributed by atoms with Gasteiger partial charge in [0.25, 0.3) is 10.0 Å². The predicted molar refractivity (Wildman–Crippen MR) is 84.3 cm³/mol. The van der Waals surface area contributed by atoms with Gasteiger partial charge in [-0.05, 0) is 58.5 Å². The number of hydrogen-bond acceptors (Lipinski definition) is 3. The van der Waals surface area contributed by atoms with Crippen LogP contribution >= 0.6 is 22.6 Å². The molecule has 0 fully saturated rings. The molecule has 0 radical (unpaired) electrons. The highest BCUT2D eigenvalue weighted by molar-refractivity contribution is 14.1. The van der Waals surface area contributed by atoms with E-state index in [1.807, 2.05) is 12.1 Å². The zero-order chi connectivity index (χ0) is 13.9. The van der Waals surface area contributed by atoms with Crippen molar-refractivity contribution >= 4 is 38.3 Å². The van der Waals surface area contributed by atoms with Gasteiger partial charge >= 0.3 is 0 Å². The normalized spacial score (nSPS) is 11.3. The second-order valence-electron chi connectivity index (χ2n) is 3.92. The predicted octanol–water partition coefficient (Wildman–Crippen LogP) is 2.55. The molecule has 2 rings (SSSR count). The Kier molecular flexibility index (Phi) is 4.43. The first-order chi connectivity index (χ1) is 9.03. The molecule has 0 aliphatic heterocycles. The summed E-state index contributed by atoms with van der Waals surface area (Å²) < 4.78 is 28.2. The zero-order valence-corrected chi connectivity index (χ0v) is 13.0. The van der Waals surface area contributed by atoms with E-state index in [4.69, 9.17) is 5.73 Å². The zero-order valence-electron chi connectivity index (χ0n) is 10.0. The number of anilines is 1. The van der Waals surface area contributed by atoms with E-state index in [0.717, 1.165) is 3.57 Å². The number of rotatable bonds is 4. The van der Waals surface area contributed by atoms with E-state index in [1.54, 1.807) is 36.4 Å². The summed E-state index contributed by atoms with van der Waals surface area (Å²) in [5, 5.41) is 0. The van der Waals surface area contributed by atoms with Crippen LogP contribution in [0.2, 0.25) is 0 Å². The molecule has 0 saturated heterocycles. The lowest BCUT2D eigenvalue weighted by Crippen LogP contribution is -2.16. The maximum Gasteiger partial charge on any atom is 0.262 e. The van der Waals surface area contributed by atoms with Crippen molar-refractivity contribution in [1.82, 2.24) is 0 Å². The van der Waals surface area contributed by atoms with E-state index in [-0.39, 0.29) is 11.4 Å². The molecular formula is C13H13IN2O2S. The minimum atomic E-state index is -3.60. The molecule has 2 aromatic rings. The number of nitrogens with two attached hydrogens (primary N) is 1. The third-order valence-corrected chi connectivity index (χ3v) is 4.78. The van der Waals surface area contributed by atoms with Crippen molar-refractivity contribution in [3.05, 3.63) is 57.7 Å². The van der Waals surface area contributed by atoms with Crippen LogP contribution in [0.15, 0.2) is 53.4 Å². The summed E-state index contributed by atoms with van der Waals surface area (Å²) in [6.07, 6.45) is 0. The second kappa shape index (κ2) is 5.89. The highest BCUT2D eigenvalue weighted by Crippen LogP contribution is 2.20. The maximum absolute atomic E-state index is 12.3. The molecule has 0 aliphatic rings. The molecule has 0 aliphatic carbocycles. The fourth-order valence-electron chi connectivity index (χ4n) is 1.66. The van der Waals surface area contributed by atoms with Crippen molar-refractivity contribution in [2.75, 3.05) is 4.72 Å². The highest BCUT2D eigenvalue weighted by Gasteiger charge is 2.17. The molecule has 0 aromatic heterocycles. The van der Waals surface area contributed by atoms with Crippen LogP contribution in [-0.2, 0) is 16.6 Å². The van der Waals surface area contributed by atoms with Gasteiger partial charge in [-0.15, -0.1) is 0 Å². The Balaban J connectivity index is 2.35. The van der Waals surface area contributed by atoms with Crippen LogP contribution in [-0.4, -0.2) is 8.42 Å².